The minimum Gasteiger partial charge on any atom is -0.460 e. The van der Waals surface area contributed by atoms with Crippen molar-refractivity contribution in [3.8, 4) is 24.4 Å². The molecule has 2 aliphatic rings. The van der Waals surface area contributed by atoms with E-state index in [0.717, 1.165) is 25.7 Å². The van der Waals surface area contributed by atoms with Crippen molar-refractivity contribution >= 4 is 5.91 Å². The largest absolute Gasteiger partial charge is 0.460 e. The van der Waals surface area contributed by atoms with Gasteiger partial charge < -0.3 is 15.0 Å². The number of hydrogen-bond donors (Lipinski definition) is 1. The normalized spacial score (nSPS) is 28.2. The summed E-state index contributed by atoms with van der Waals surface area (Å²) in [6, 6.07) is 3.95. The minimum atomic E-state index is -0.402. The number of carbonyl (C=O) groups excluding carboxylic acids is 1. The summed E-state index contributed by atoms with van der Waals surface area (Å²) in [5.41, 5.74) is 0. The molecule has 1 saturated carbocycles. The number of amides is 1. The predicted octanol–water partition coefficient (Wildman–Crippen LogP) is 1.27. The van der Waals surface area contributed by atoms with Crippen LogP contribution in [-0.4, -0.2) is 51.5 Å². The molecular formula is C19H23N5O2. The molecule has 3 rings (SSSR count). The molecule has 2 heterocycles. The van der Waals surface area contributed by atoms with E-state index in [2.05, 4.69) is 27.3 Å². The summed E-state index contributed by atoms with van der Waals surface area (Å²) in [5.74, 6) is 2.53. The molecule has 1 saturated heterocycles. The molecule has 0 unspecified atom stereocenters. The van der Waals surface area contributed by atoms with Crippen LogP contribution >= 0.6 is 0 Å². The number of nitriles is 1. The van der Waals surface area contributed by atoms with Gasteiger partial charge in [0.25, 0.3) is 0 Å². The molecule has 1 aliphatic carbocycles. The van der Waals surface area contributed by atoms with Crippen LogP contribution in [0.4, 0.5) is 0 Å². The van der Waals surface area contributed by atoms with Crippen LogP contribution in [0.3, 0.4) is 0 Å². The standard InChI is InChI=1S/C19H23N5O2/c1-2-15-6-7-16(12-20)24(15)18(25)13-23-14-4-8-17(9-5-14)26-19-21-10-3-11-22-19/h1,3,10-11,14-17,23H,4-9,13H2/t14-,15-,16-,17-/m0/s1. The smallest absolute Gasteiger partial charge is 0.316 e. The van der Waals surface area contributed by atoms with Gasteiger partial charge in [-0.05, 0) is 44.6 Å². The molecule has 2 atom stereocenters. The van der Waals surface area contributed by atoms with Crippen LogP contribution in [0, 0.1) is 23.7 Å². The number of ether oxygens (including phenoxy) is 1. The SMILES string of the molecule is C#C[C@H]1CC[C@@H](C#N)N1C(=O)CN[C@H]1CC[C@H](Oc2ncccn2)CC1. The van der Waals surface area contributed by atoms with Crippen LogP contribution in [0.5, 0.6) is 6.01 Å². The highest BCUT2D eigenvalue weighted by Gasteiger charge is 2.36. The van der Waals surface area contributed by atoms with Crippen LogP contribution in [0.1, 0.15) is 38.5 Å². The second-order valence-electron chi connectivity index (χ2n) is 6.71. The Morgan fingerprint density at radius 2 is 1.92 bits per heavy atom. The van der Waals surface area contributed by atoms with Gasteiger partial charge in [-0.1, -0.05) is 5.92 Å². The summed E-state index contributed by atoms with van der Waals surface area (Å²) in [6.07, 6.45) is 13.9. The van der Waals surface area contributed by atoms with E-state index in [0.29, 0.717) is 18.9 Å². The van der Waals surface area contributed by atoms with E-state index in [1.54, 1.807) is 23.4 Å². The van der Waals surface area contributed by atoms with Crippen molar-refractivity contribution < 1.29 is 9.53 Å². The highest BCUT2D eigenvalue weighted by Crippen LogP contribution is 2.24. The van der Waals surface area contributed by atoms with Crippen molar-refractivity contribution in [1.29, 1.82) is 5.26 Å². The summed E-state index contributed by atoms with van der Waals surface area (Å²) in [6.45, 7) is 0.217. The summed E-state index contributed by atoms with van der Waals surface area (Å²) in [7, 11) is 0. The van der Waals surface area contributed by atoms with Gasteiger partial charge in [0, 0.05) is 18.4 Å². The van der Waals surface area contributed by atoms with Gasteiger partial charge in [-0.2, -0.15) is 5.26 Å². The number of aromatic nitrogens is 2. The number of terminal acetylenes is 1. The maximum atomic E-state index is 12.5. The minimum absolute atomic E-state index is 0.0898. The molecule has 2 fully saturated rings. The van der Waals surface area contributed by atoms with Crippen LogP contribution in [0.25, 0.3) is 0 Å². The lowest BCUT2D eigenvalue weighted by Crippen LogP contribution is -2.47. The molecule has 136 valence electrons. The highest BCUT2D eigenvalue weighted by molar-refractivity contribution is 5.80. The lowest BCUT2D eigenvalue weighted by molar-refractivity contribution is -0.131. The first-order chi connectivity index (χ1) is 12.7. The molecule has 26 heavy (non-hydrogen) atoms. The Labute approximate surface area is 153 Å². The van der Waals surface area contributed by atoms with Crippen molar-refractivity contribution in [3.63, 3.8) is 0 Å². The molecule has 7 nitrogen and oxygen atoms in total. The zero-order valence-electron chi connectivity index (χ0n) is 14.7. The van der Waals surface area contributed by atoms with Gasteiger partial charge in [-0.15, -0.1) is 6.42 Å². The molecule has 0 spiro atoms. The Bertz CT molecular complexity index is 666. The Balaban J connectivity index is 1.43. The molecule has 1 amide bonds. The fraction of sp³-hybridized carbons (Fsp3) is 0.579. The van der Waals surface area contributed by atoms with E-state index in [9.17, 15) is 10.1 Å². The van der Waals surface area contributed by atoms with Crippen LogP contribution in [0.2, 0.25) is 0 Å². The predicted molar refractivity (Wildman–Crippen MR) is 94.8 cm³/mol. The molecular weight excluding hydrogens is 330 g/mol. The maximum absolute atomic E-state index is 12.5. The zero-order valence-corrected chi connectivity index (χ0v) is 14.7. The molecule has 0 radical (unpaired) electrons. The summed E-state index contributed by atoms with van der Waals surface area (Å²) in [4.78, 5) is 22.2. The number of rotatable bonds is 5. The van der Waals surface area contributed by atoms with Crippen molar-refractivity contribution in [2.75, 3.05) is 6.54 Å². The number of nitrogens with one attached hydrogen (secondary N) is 1. The van der Waals surface area contributed by atoms with Gasteiger partial charge >= 0.3 is 6.01 Å². The zero-order chi connectivity index (χ0) is 18.4. The Morgan fingerprint density at radius 3 is 2.58 bits per heavy atom. The third kappa shape index (κ3) is 4.30. The average Bonchev–Trinajstić information content (AvgIpc) is 3.11. The maximum Gasteiger partial charge on any atom is 0.316 e. The van der Waals surface area contributed by atoms with Crippen LogP contribution < -0.4 is 10.1 Å². The second kappa shape index (κ2) is 8.64. The Hall–Kier alpha value is -2.64. The van der Waals surface area contributed by atoms with Gasteiger partial charge in [0.1, 0.15) is 12.1 Å². The topological polar surface area (TPSA) is 91.1 Å². The van der Waals surface area contributed by atoms with E-state index in [1.165, 1.54) is 0 Å². The molecule has 0 bridgehead atoms. The molecule has 1 aliphatic heterocycles. The van der Waals surface area contributed by atoms with E-state index in [-0.39, 0.29) is 30.6 Å². The highest BCUT2D eigenvalue weighted by atomic mass is 16.5. The third-order valence-electron chi connectivity index (χ3n) is 5.04. The number of likely N-dealkylation sites (tertiary alicyclic amines) is 1. The van der Waals surface area contributed by atoms with Crippen molar-refractivity contribution in [3.05, 3.63) is 18.5 Å². The van der Waals surface area contributed by atoms with E-state index < -0.39 is 6.04 Å². The van der Waals surface area contributed by atoms with Crippen LogP contribution in [-0.2, 0) is 4.79 Å². The van der Waals surface area contributed by atoms with E-state index in [4.69, 9.17) is 11.2 Å². The quantitative estimate of drug-likeness (QED) is 0.802. The Morgan fingerprint density at radius 1 is 1.23 bits per heavy atom. The lowest BCUT2D eigenvalue weighted by Gasteiger charge is -2.30. The van der Waals surface area contributed by atoms with Gasteiger partial charge in [0.05, 0.1) is 18.7 Å². The summed E-state index contributed by atoms with van der Waals surface area (Å²) >= 11 is 0. The number of nitrogens with zero attached hydrogens (tertiary/aromatic N) is 4. The monoisotopic (exact) mass is 353 g/mol. The third-order valence-corrected chi connectivity index (χ3v) is 5.04. The first kappa shape index (κ1) is 18.2. The first-order valence-electron chi connectivity index (χ1n) is 9.05. The molecule has 1 aromatic heterocycles. The van der Waals surface area contributed by atoms with Crippen molar-refractivity contribution in [2.45, 2.75) is 62.8 Å². The first-order valence-corrected chi connectivity index (χ1v) is 9.05. The number of hydrogen-bond acceptors (Lipinski definition) is 6. The van der Waals surface area contributed by atoms with E-state index >= 15 is 0 Å². The average molecular weight is 353 g/mol. The van der Waals surface area contributed by atoms with Crippen molar-refractivity contribution in [2.24, 2.45) is 0 Å². The molecule has 0 aromatic carbocycles. The molecule has 1 N–H and O–H groups in total. The molecule has 7 heteroatoms. The lowest BCUT2D eigenvalue weighted by atomic mass is 9.93. The van der Waals surface area contributed by atoms with E-state index in [1.807, 2.05) is 0 Å². The second-order valence-corrected chi connectivity index (χ2v) is 6.71. The summed E-state index contributed by atoms with van der Waals surface area (Å²) in [5, 5.41) is 12.5. The Kier molecular flexibility index (Phi) is 6.04. The van der Waals surface area contributed by atoms with Gasteiger partial charge in [0.15, 0.2) is 0 Å². The van der Waals surface area contributed by atoms with Crippen molar-refractivity contribution in [1.82, 2.24) is 20.2 Å². The van der Waals surface area contributed by atoms with Gasteiger partial charge in [-0.25, -0.2) is 9.97 Å². The molecule has 1 aromatic rings. The fourth-order valence-corrected chi connectivity index (χ4v) is 3.65. The summed E-state index contributed by atoms with van der Waals surface area (Å²) < 4.78 is 5.78. The van der Waals surface area contributed by atoms with Gasteiger partial charge in [0.2, 0.25) is 5.91 Å². The fourth-order valence-electron chi connectivity index (χ4n) is 3.65. The van der Waals surface area contributed by atoms with Gasteiger partial charge in [-0.3, -0.25) is 4.79 Å². The number of carbonyl (C=O) groups is 1. The van der Waals surface area contributed by atoms with Crippen LogP contribution in [0.15, 0.2) is 18.5 Å².